The molecule has 2 aromatic heterocycles. The first-order valence-electron chi connectivity index (χ1n) is 11.2. The summed E-state index contributed by atoms with van der Waals surface area (Å²) >= 11 is 0. The van der Waals surface area contributed by atoms with Crippen LogP contribution in [0.4, 0.5) is 11.6 Å². The van der Waals surface area contributed by atoms with Gasteiger partial charge in [-0.15, -0.1) is 0 Å². The molecule has 35 heavy (non-hydrogen) atoms. The number of nitrogens with zero attached hydrogens (tertiary/aromatic N) is 3. The van der Waals surface area contributed by atoms with E-state index in [-0.39, 0.29) is 36.5 Å². The van der Waals surface area contributed by atoms with Gasteiger partial charge < -0.3 is 22.2 Å². The van der Waals surface area contributed by atoms with Crippen LogP contribution in [0.1, 0.15) is 35.2 Å². The number of fused-ring (bicyclic) bond motifs is 1. The first-order chi connectivity index (χ1) is 16.8. The number of hydrogen-bond donors (Lipinski definition) is 4. The van der Waals surface area contributed by atoms with Gasteiger partial charge in [0.15, 0.2) is 0 Å². The van der Waals surface area contributed by atoms with Gasteiger partial charge in [0.2, 0.25) is 5.91 Å². The zero-order valence-corrected chi connectivity index (χ0v) is 19.6. The fourth-order valence-electron chi connectivity index (χ4n) is 4.18. The minimum absolute atomic E-state index is 0.0173. The lowest BCUT2D eigenvalue weighted by atomic mass is 10.0. The second-order valence-corrected chi connectivity index (χ2v) is 8.38. The number of amides is 1. The predicted octanol–water partition coefficient (Wildman–Crippen LogP) is 3.23. The van der Waals surface area contributed by atoms with Crippen LogP contribution in [-0.4, -0.2) is 26.2 Å². The summed E-state index contributed by atoms with van der Waals surface area (Å²) in [5.41, 5.74) is 15.0. The van der Waals surface area contributed by atoms with Crippen LogP contribution in [0, 0.1) is 19.3 Å². The number of pyridine rings is 1. The second-order valence-electron chi connectivity index (χ2n) is 8.38. The van der Waals surface area contributed by atoms with Gasteiger partial charge in [0, 0.05) is 17.8 Å². The van der Waals surface area contributed by atoms with Crippen LogP contribution in [-0.2, 0) is 11.3 Å². The molecule has 0 aliphatic carbocycles. The third-order valence-electron chi connectivity index (χ3n) is 5.92. The molecule has 9 nitrogen and oxygen atoms in total. The number of aromatic nitrogens is 3. The maximum absolute atomic E-state index is 13.7. The number of carbonyl (C=O) groups is 1. The van der Waals surface area contributed by atoms with E-state index in [4.69, 9.17) is 16.9 Å². The molecule has 2 heterocycles. The van der Waals surface area contributed by atoms with Crippen molar-refractivity contribution in [2.24, 2.45) is 5.73 Å². The Hall–Kier alpha value is -4.53. The zero-order chi connectivity index (χ0) is 25.1. The first-order valence-corrected chi connectivity index (χ1v) is 11.2. The number of primary amides is 1. The fourth-order valence-corrected chi connectivity index (χ4v) is 4.18. The van der Waals surface area contributed by atoms with E-state index in [1.807, 2.05) is 62.4 Å². The van der Waals surface area contributed by atoms with Crippen molar-refractivity contribution in [1.29, 1.82) is 5.41 Å². The molecule has 4 aromatic rings. The molecule has 0 bridgehead atoms. The number of para-hydroxylation sites is 1. The molecular formula is C26H27N7O2. The molecule has 2 aromatic carbocycles. The van der Waals surface area contributed by atoms with Crippen LogP contribution in [0.15, 0.2) is 59.7 Å². The summed E-state index contributed by atoms with van der Waals surface area (Å²) < 4.78 is 1.71. The van der Waals surface area contributed by atoms with Crippen LogP contribution in [0.25, 0.3) is 16.5 Å². The maximum atomic E-state index is 13.7. The van der Waals surface area contributed by atoms with Gasteiger partial charge in [0.25, 0.3) is 5.56 Å². The number of benzene rings is 2. The van der Waals surface area contributed by atoms with Crippen LogP contribution < -0.4 is 22.3 Å². The van der Waals surface area contributed by atoms with E-state index >= 15 is 0 Å². The van der Waals surface area contributed by atoms with Gasteiger partial charge >= 0.3 is 0 Å². The van der Waals surface area contributed by atoms with Crippen molar-refractivity contribution in [1.82, 2.24) is 14.5 Å². The molecule has 0 fully saturated rings. The van der Waals surface area contributed by atoms with Gasteiger partial charge in [-0.25, -0.2) is 9.97 Å². The lowest BCUT2D eigenvalue weighted by Gasteiger charge is -2.19. The molecule has 0 atom stereocenters. The SMILES string of the molecule is Cc1ccccc1-n1c(CNc2ncnc(N)c2C(=N)CCC(N)=O)cc2cccc(C)c2c1=O. The third kappa shape index (κ3) is 4.74. The monoisotopic (exact) mass is 469 g/mol. The summed E-state index contributed by atoms with van der Waals surface area (Å²) in [5, 5.41) is 13.1. The Morgan fingerprint density at radius 2 is 1.80 bits per heavy atom. The summed E-state index contributed by atoms with van der Waals surface area (Å²) in [4.78, 5) is 33.2. The predicted molar refractivity (Wildman–Crippen MR) is 138 cm³/mol. The molecule has 178 valence electrons. The topological polar surface area (TPSA) is 153 Å². The largest absolute Gasteiger partial charge is 0.383 e. The summed E-state index contributed by atoms with van der Waals surface area (Å²) in [7, 11) is 0. The highest BCUT2D eigenvalue weighted by Gasteiger charge is 2.18. The van der Waals surface area contributed by atoms with E-state index in [1.54, 1.807) is 4.57 Å². The quantitative estimate of drug-likeness (QED) is 0.291. The number of nitrogens with two attached hydrogens (primary N) is 2. The number of hydrogen-bond acceptors (Lipinski definition) is 7. The molecule has 0 spiro atoms. The Morgan fingerprint density at radius 3 is 2.54 bits per heavy atom. The lowest BCUT2D eigenvalue weighted by Crippen LogP contribution is -2.25. The Kier molecular flexibility index (Phi) is 6.59. The van der Waals surface area contributed by atoms with E-state index in [1.165, 1.54) is 6.33 Å². The van der Waals surface area contributed by atoms with E-state index in [9.17, 15) is 9.59 Å². The van der Waals surface area contributed by atoms with Crippen molar-refractivity contribution in [3.63, 3.8) is 0 Å². The van der Waals surface area contributed by atoms with Crippen LogP contribution >= 0.6 is 0 Å². The molecule has 6 N–H and O–H groups in total. The Bertz CT molecular complexity index is 1510. The Morgan fingerprint density at radius 1 is 1.06 bits per heavy atom. The molecule has 1 amide bonds. The molecule has 0 aliphatic heterocycles. The number of rotatable bonds is 8. The average molecular weight is 470 g/mol. The summed E-state index contributed by atoms with van der Waals surface area (Å²) in [6.45, 7) is 4.13. The van der Waals surface area contributed by atoms with E-state index in [0.717, 1.165) is 22.2 Å². The molecule has 0 aliphatic rings. The molecule has 9 heteroatoms. The average Bonchev–Trinajstić information content (AvgIpc) is 2.82. The fraction of sp³-hybridized carbons (Fsp3) is 0.192. The maximum Gasteiger partial charge on any atom is 0.263 e. The molecule has 0 radical (unpaired) electrons. The highest BCUT2D eigenvalue weighted by atomic mass is 16.1. The van der Waals surface area contributed by atoms with Crippen molar-refractivity contribution in [2.75, 3.05) is 11.1 Å². The first kappa shape index (κ1) is 23.6. The molecule has 0 unspecified atom stereocenters. The third-order valence-corrected chi connectivity index (χ3v) is 5.92. The van der Waals surface area contributed by atoms with Gasteiger partial charge in [0.05, 0.1) is 23.2 Å². The van der Waals surface area contributed by atoms with Crippen molar-refractivity contribution < 1.29 is 4.79 Å². The van der Waals surface area contributed by atoms with E-state index < -0.39 is 5.91 Å². The van der Waals surface area contributed by atoms with E-state index in [0.29, 0.717) is 22.5 Å². The minimum Gasteiger partial charge on any atom is -0.383 e. The Labute approximate surface area is 202 Å². The van der Waals surface area contributed by atoms with Crippen LogP contribution in [0.5, 0.6) is 0 Å². The highest BCUT2D eigenvalue weighted by molar-refractivity contribution is 6.06. The van der Waals surface area contributed by atoms with Crippen molar-refractivity contribution in [3.05, 3.63) is 87.6 Å². The number of carbonyl (C=O) groups excluding carboxylic acids is 1. The molecule has 0 saturated heterocycles. The highest BCUT2D eigenvalue weighted by Crippen LogP contribution is 2.24. The van der Waals surface area contributed by atoms with Gasteiger partial charge in [-0.2, -0.15) is 0 Å². The van der Waals surface area contributed by atoms with Crippen molar-refractivity contribution in [2.45, 2.75) is 33.2 Å². The standard InChI is InChI=1S/C26H27N7O2/c1-15-6-3-4-9-20(15)33-18(12-17-8-5-7-16(2)22(17)26(33)35)13-30-25-23(24(29)31-14-32-25)19(27)10-11-21(28)34/h3-9,12,14,27H,10-11,13H2,1-2H3,(H2,28,34)(H3,29,30,31,32). The number of aryl methyl sites for hydroxylation is 2. The number of nitrogen functional groups attached to an aromatic ring is 1. The zero-order valence-electron chi connectivity index (χ0n) is 19.6. The number of nitrogens with one attached hydrogen (secondary N) is 2. The lowest BCUT2D eigenvalue weighted by molar-refractivity contribution is -0.117. The van der Waals surface area contributed by atoms with Gasteiger partial charge in [-0.3, -0.25) is 14.2 Å². The van der Waals surface area contributed by atoms with Gasteiger partial charge in [0.1, 0.15) is 18.0 Å². The molecule has 0 saturated carbocycles. The van der Waals surface area contributed by atoms with Crippen LogP contribution in [0.2, 0.25) is 0 Å². The minimum atomic E-state index is -0.506. The number of anilines is 2. The summed E-state index contributed by atoms with van der Waals surface area (Å²) in [6, 6.07) is 15.5. The normalized spacial score (nSPS) is 10.9. The second kappa shape index (κ2) is 9.76. The van der Waals surface area contributed by atoms with Gasteiger partial charge in [-0.1, -0.05) is 36.4 Å². The Balaban J connectivity index is 1.80. The van der Waals surface area contributed by atoms with Crippen LogP contribution in [0.3, 0.4) is 0 Å². The summed E-state index contributed by atoms with van der Waals surface area (Å²) in [6.07, 6.45) is 1.44. The van der Waals surface area contributed by atoms with Crippen molar-refractivity contribution >= 4 is 34.0 Å². The van der Waals surface area contributed by atoms with Gasteiger partial charge in [-0.05, 0) is 48.9 Å². The summed E-state index contributed by atoms with van der Waals surface area (Å²) in [5.74, 6) is -0.0316. The molecular weight excluding hydrogens is 442 g/mol. The smallest absolute Gasteiger partial charge is 0.263 e. The molecule has 4 rings (SSSR count). The van der Waals surface area contributed by atoms with Crippen molar-refractivity contribution in [3.8, 4) is 5.69 Å². The van der Waals surface area contributed by atoms with E-state index in [2.05, 4.69) is 15.3 Å².